The van der Waals surface area contributed by atoms with Crippen molar-refractivity contribution in [2.75, 3.05) is 0 Å². The Labute approximate surface area is 277 Å². The van der Waals surface area contributed by atoms with Crippen LogP contribution >= 0.6 is 0 Å². The van der Waals surface area contributed by atoms with Crippen LogP contribution in [0.4, 0.5) is 0 Å². The average Bonchev–Trinajstić information content (AvgIpc) is 3.67. The van der Waals surface area contributed by atoms with E-state index in [0.717, 1.165) is 49.9 Å². The SMILES string of the molecule is N#Cc1ccc(-n2c3ccc(C#N)cc3c3cc(-c4cccc(-c5cccc6c7ccccc7n(-c7ccccc7)c56)c4)ccc32)cc1. The van der Waals surface area contributed by atoms with Crippen molar-refractivity contribution >= 4 is 43.6 Å². The smallest absolute Gasteiger partial charge is 0.0991 e. The van der Waals surface area contributed by atoms with Gasteiger partial charge in [0.25, 0.3) is 0 Å². The zero-order chi connectivity index (χ0) is 32.2. The highest BCUT2D eigenvalue weighted by molar-refractivity contribution is 6.14. The first-order valence-corrected chi connectivity index (χ1v) is 15.9. The van der Waals surface area contributed by atoms with Crippen molar-refractivity contribution in [1.29, 1.82) is 10.5 Å². The molecule has 0 amide bonds. The number of para-hydroxylation sites is 3. The topological polar surface area (TPSA) is 57.4 Å². The Morgan fingerprint density at radius 1 is 0.375 bits per heavy atom. The summed E-state index contributed by atoms with van der Waals surface area (Å²) >= 11 is 0. The van der Waals surface area contributed by atoms with Gasteiger partial charge in [0, 0.05) is 38.5 Å². The zero-order valence-corrected chi connectivity index (χ0v) is 25.8. The van der Waals surface area contributed by atoms with E-state index < -0.39 is 0 Å². The van der Waals surface area contributed by atoms with Crippen LogP contribution in [0.1, 0.15) is 11.1 Å². The number of nitriles is 2. The maximum atomic E-state index is 9.75. The summed E-state index contributed by atoms with van der Waals surface area (Å²) in [7, 11) is 0. The van der Waals surface area contributed by atoms with Crippen molar-refractivity contribution in [1.82, 2.24) is 9.13 Å². The number of rotatable bonds is 4. The summed E-state index contributed by atoms with van der Waals surface area (Å²) in [5.74, 6) is 0. The molecule has 0 unspecified atom stereocenters. The standard InChI is InChI=1S/C44H26N4/c45-27-29-16-20-35(21-17-29)47-42-22-18-30(28-46)24-39(42)40-26-32(19-23-43(40)47)31-8-6-9-33(25-31)36-13-7-14-38-37-12-4-5-15-41(37)48(44(36)38)34-10-2-1-3-11-34/h1-26H. The molecule has 0 atom stereocenters. The maximum absolute atomic E-state index is 9.75. The van der Waals surface area contributed by atoms with Gasteiger partial charge in [-0.2, -0.15) is 10.5 Å². The summed E-state index contributed by atoms with van der Waals surface area (Å²) in [6.07, 6.45) is 0. The monoisotopic (exact) mass is 610 g/mol. The van der Waals surface area contributed by atoms with Crippen molar-refractivity contribution in [3.05, 3.63) is 169 Å². The van der Waals surface area contributed by atoms with Crippen LogP contribution in [0.5, 0.6) is 0 Å². The summed E-state index contributed by atoms with van der Waals surface area (Å²) in [5.41, 5.74) is 12.3. The van der Waals surface area contributed by atoms with E-state index in [1.54, 1.807) is 0 Å². The van der Waals surface area contributed by atoms with E-state index in [1.165, 1.54) is 27.4 Å². The molecule has 0 spiro atoms. The van der Waals surface area contributed by atoms with Crippen LogP contribution in [-0.2, 0) is 0 Å². The fourth-order valence-electron chi connectivity index (χ4n) is 7.20. The van der Waals surface area contributed by atoms with Gasteiger partial charge in [-0.15, -0.1) is 0 Å². The van der Waals surface area contributed by atoms with E-state index in [1.807, 2.05) is 42.5 Å². The molecule has 0 aliphatic heterocycles. The fourth-order valence-corrected chi connectivity index (χ4v) is 7.20. The van der Waals surface area contributed by atoms with Gasteiger partial charge < -0.3 is 9.13 Å². The first-order valence-electron chi connectivity index (χ1n) is 15.9. The van der Waals surface area contributed by atoms with Crippen LogP contribution in [0.3, 0.4) is 0 Å². The molecule has 4 nitrogen and oxygen atoms in total. The van der Waals surface area contributed by atoms with Gasteiger partial charge in [-0.25, -0.2) is 0 Å². The van der Waals surface area contributed by atoms with E-state index in [4.69, 9.17) is 0 Å². The third kappa shape index (κ3) is 4.22. The minimum absolute atomic E-state index is 0.619. The van der Waals surface area contributed by atoms with Crippen LogP contribution in [-0.4, -0.2) is 9.13 Å². The number of hydrogen-bond donors (Lipinski definition) is 0. The van der Waals surface area contributed by atoms with Gasteiger partial charge in [0.05, 0.1) is 45.3 Å². The number of benzene rings is 7. The van der Waals surface area contributed by atoms with Gasteiger partial charge in [0.15, 0.2) is 0 Å². The number of aromatic nitrogens is 2. The van der Waals surface area contributed by atoms with E-state index in [9.17, 15) is 10.5 Å². The van der Waals surface area contributed by atoms with Crippen LogP contribution < -0.4 is 0 Å². The predicted molar refractivity (Wildman–Crippen MR) is 195 cm³/mol. The molecule has 0 bridgehead atoms. The van der Waals surface area contributed by atoms with Gasteiger partial charge in [0.1, 0.15) is 0 Å². The molecule has 7 aromatic carbocycles. The quantitative estimate of drug-likeness (QED) is 0.199. The normalized spacial score (nSPS) is 11.3. The molecule has 0 radical (unpaired) electrons. The fraction of sp³-hybridized carbons (Fsp3) is 0. The Bertz CT molecular complexity index is 2790. The highest BCUT2D eigenvalue weighted by Crippen LogP contribution is 2.40. The second kappa shape index (κ2) is 10.9. The molecule has 4 heteroatoms. The molecule has 48 heavy (non-hydrogen) atoms. The van der Waals surface area contributed by atoms with E-state index in [0.29, 0.717) is 11.1 Å². The minimum Gasteiger partial charge on any atom is -0.309 e. The molecule has 0 aliphatic rings. The van der Waals surface area contributed by atoms with Crippen LogP contribution in [0.15, 0.2) is 158 Å². The van der Waals surface area contributed by atoms with Crippen molar-refractivity contribution in [2.24, 2.45) is 0 Å². The summed E-state index contributed by atoms with van der Waals surface area (Å²) < 4.78 is 4.58. The maximum Gasteiger partial charge on any atom is 0.0991 e. The summed E-state index contributed by atoms with van der Waals surface area (Å²) in [4.78, 5) is 0. The molecular formula is C44H26N4. The van der Waals surface area contributed by atoms with Gasteiger partial charge in [-0.3, -0.25) is 0 Å². The number of fused-ring (bicyclic) bond motifs is 6. The van der Waals surface area contributed by atoms with Gasteiger partial charge in [0.2, 0.25) is 0 Å². The van der Waals surface area contributed by atoms with Crippen LogP contribution in [0.25, 0.3) is 77.2 Å². The lowest BCUT2D eigenvalue weighted by Gasteiger charge is -2.13. The Morgan fingerprint density at radius 2 is 0.979 bits per heavy atom. The van der Waals surface area contributed by atoms with Crippen LogP contribution in [0.2, 0.25) is 0 Å². The van der Waals surface area contributed by atoms with Crippen molar-refractivity contribution < 1.29 is 0 Å². The summed E-state index contributed by atoms with van der Waals surface area (Å²) in [6.45, 7) is 0. The second-order valence-electron chi connectivity index (χ2n) is 12.0. The Hall–Kier alpha value is -6.88. The molecule has 2 aromatic heterocycles. The molecule has 0 saturated heterocycles. The average molecular weight is 611 g/mol. The lowest BCUT2D eigenvalue weighted by molar-refractivity contribution is 1.18. The second-order valence-corrected chi connectivity index (χ2v) is 12.0. The van der Waals surface area contributed by atoms with Gasteiger partial charge in [-0.05, 0) is 95.6 Å². The Balaban J connectivity index is 1.24. The van der Waals surface area contributed by atoms with Crippen molar-refractivity contribution in [3.8, 4) is 45.8 Å². The largest absolute Gasteiger partial charge is 0.309 e. The first-order chi connectivity index (χ1) is 23.7. The Morgan fingerprint density at radius 3 is 1.79 bits per heavy atom. The molecule has 2 heterocycles. The minimum atomic E-state index is 0.619. The van der Waals surface area contributed by atoms with E-state index in [-0.39, 0.29) is 0 Å². The highest BCUT2D eigenvalue weighted by atomic mass is 15.0. The lowest BCUT2D eigenvalue weighted by Crippen LogP contribution is -1.95. The third-order valence-corrected chi connectivity index (χ3v) is 9.36. The third-order valence-electron chi connectivity index (χ3n) is 9.36. The zero-order valence-electron chi connectivity index (χ0n) is 25.8. The predicted octanol–water partition coefficient (Wildman–Crippen LogP) is 11.0. The molecule has 0 N–H and O–H groups in total. The molecule has 0 aliphatic carbocycles. The first kappa shape index (κ1) is 27.4. The van der Waals surface area contributed by atoms with Gasteiger partial charge >= 0.3 is 0 Å². The molecular weight excluding hydrogens is 585 g/mol. The molecule has 0 saturated carbocycles. The lowest BCUT2D eigenvalue weighted by atomic mass is 9.96. The number of nitrogens with zero attached hydrogens (tertiary/aromatic N) is 4. The molecule has 9 aromatic rings. The summed E-state index contributed by atoms with van der Waals surface area (Å²) in [5, 5.41) is 23.6. The van der Waals surface area contributed by atoms with E-state index >= 15 is 0 Å². The van der Waals surface area contributed by atoms with Crippen molar-refractivity contribution in [3.63, 3.8) is 0 Å². The van der Waals surface area contributed by atoms with Crippen LogP contribution in [0, 0.1) is 22.7 Å². The molecule has 0 fully saturated rings. The Kier molecular flexibility index (Phi) is 6.22. The molecule has 9 rings (SSSR count). The highest BCUT2D eigenvalue weighted by Gasteiger charge is 2.18. The molecule has 222 valence electrons. The van der Waals surface area contributed by atoms with Crippen molar-refractivity contribution in [2.45, 2.75) is 0 Å². The number of hydrogen-bond acceptors (Lipinski definition) is 2. The summed E-state index contributed by atoms with van der Waals surface area (Å²) in [6, 6.07) is 59.1. The van der Waals surface area contributed by atoms with Gasteiger partial charge in [-0.1, -0.05) is 78.9 Å². The van der Waals surface area contributed by atoms with E-state index in [2.05, 4.69) is 137 Å².